The first-order valence-corrected chi connectivity index (χ1v) is 13.5. The Bertz CT molecular complexity index is 1540. The first-order chi connectivity index (χ1) is 18.8. The summed E-state index contributed by atoms with van der Waals surface area (Å²) in [6, 6.07) is 27.6. The van der Waals surface area contributed by atoms with Crippen LogP contribution in [0.1, 0.15) is 88.7 Å². The number of benzene rings is 4. The summed E-state index contributed by atoms with van der Waals surface area (Å²) in [6.07, 6.45) is 0. The maximum Gasteiger partial charge on any atom is 0.343 e. The molecule has 0 aliphatic heterocycles. The lowest BCUT2D eigenvalue weighted by Crippen LogP contribution is -2.20. The number of rotatable bonds is 8. The molecule has 206 valence electrons. The van der Waals surface area contributed by atoms with Gasteiger partial charge in [0.1, 0.15) is 11.5 Å². The molecule has 0 fully saturated rings. The lowest BCUT2D eigenvalue weighted by Gasteiger charge is -2.28. The number of aryl methyl sites for hydroxylation is 2. The van der Waals surface area contributed by atoms with Crippen LogP contribution in [0.5, 0.6) is 11.5 Å². The largest absolute Gasteiger partial charge is 0.497 e. The van der Waals surface area contributed by atoms with Crippen molar-refractivity contribution in [2.45, 2.75) is 59.3 Å². The minimum atomic E-state index is -0.389. The zero-order valence-electron chi connectivity index (χ0n) is 24.7. The summed E-state index contributed by atoms with van der Waals surface area (Å²) in [5, 5.41) is 0. The molecule has 4 nitrogen and oxygen atoms in total. The smallest absolute Gasteiger partial charge is 0.343 e. The lowest BCUT2D eigenvalue weighted by molar-refractivity contribution is 0.0733. The first kappa shape index (κ1) is 28.8. The maximum absolute atomic E-state index is 13.0. The van der Waals surface area contributed by atoms with Gasteiger partial charge in [-0.2, -0.15) is 0 Å². The van der Waals surface area contributed by atoms with E-state index < -0.39 is 0 Å². The number of ketones is 1. The zero-order valence-corrected chi connectivity index (χ0v) is 24.7. The van der Waals surface area contributed by atoms with Crippen LogP contribution in [0.4, 0.5) is 0 Å². The topological polar surface area (TPSA) is 52.6 Å². The predicted molar refractivity (Wildman–Crippen MR) is 161 cm³/mol. The summed E-state index contributed by atoms with van der Waals surface area (Å²) >= 11 is 0. The van der Waals surface area contributed by atoms with E-state index in [2.05, 4.69) is 52.0 Å². The summed E-state index contributed by atoms with van der Waals surface area (Å²) < 4.78 is 11.1. The molecule has 4 aromatic carbocycles. The minimum Gasteiger partial charge on any atom is -0.497 e. The number of ether oxygens (including phenoxy) is 2. The van der Waals surface area contributed by atoms with Crippen molar-refractivity contribution in [2.24, 2.45) is 0 Å². The Morgan fingerprint density at radius 3 is 1.60 bits per heavy atom. The fourth-order valence-corrected chi connectivity index (χ4v) is 5.12. The molecule has 4 rings (SSSR count). The summed E-state index contributed by atoms with van der Waals surface area (Å²) in [6.45, 7) is 14.1. The fourth-order valence-electron chi connectivity index (χ4n) is 5.12. The van der Waals surface area contributed by atoms with E-state index in [9.17, 15) is 9.59 Å². The molecule has 0 atom stereocenters. The van der Waals surface area contributed by atoms with Crippen molar-refractivity contribution in [1.82, 2.24) is 0 Å². The van der Waals surface area contributed by atoms with Gasteiger partial charge in [-0.25, -0.2) is 4.79 Å². The number of carbonyl (C=O) groups is 2. The van der Waals surface area contributed by atoms with Crippen molar-refractivity contribution in [3.63, 3.8) is 0 Å². The van der Waals surface area contributed by atoms with Gasteiger partial charge in [0.25, 0.3) is 0 Å². The molecule has 4 heteroatoms. The standard InChI is InChI=1S/C36H38O4/c1-23-21-29(15-19-32(23)25(3)37)36(6,7)30-16-20-33(24(2)22-30)40-34(38)26-9-11-27(12-10-26)35(4,5)28-13-17-31(39-8)18-14-28/h9-22H,1-8H3. The summed E-state index contributed by atoms with van der Waals surface area (Å²) in [5.74, 6) is 1.04. The normalized spacial score (nSPS) is 11.7. The highest BCUT2D eigenvalue weighted by molar-refractivity contribution is 5.95. The molecule has 0 radical (unpaired) electrons. The van der Waals surface area contributed by atoms with Crippen LogP contribution in [0.15, 0.2) is 84.9 Å². The molecule has 4 aromatic rings. The van der Waals surface area contributed by atoms with E-state index in [0.29, 0.717) is 11.3 Å². The zero-order chi connectivity index (χ0) is 29.2. The van der Waals surface area contributed by atoms with Crippen molar-refractivity contribution >= 4 is 11.8 Å². The van der Waals surface area contributed by atoms with Crippen molar-refractivity contribution in [3.05, 3.63) is 129 Å². The number of hydrogen-bond acceptors (Lipinski definition) is 4. The molecule has 0 bridgehead atoms. The fraction of sp³-hybridized carbons (Fsp3) is 0.278. The Morgan fingerprint density at radius 1 is 0.625 bits per heavy atom. The van der Waals surface area contributed by atoms with Gasteiger partial charge in [0.05, 0.1) is 12.7 Å². The molecule has 0 saturated carbocycles. The number of Topliss-reactive ketones (excluding diaryl/α,β-unsaturated/α-hetero) is 1. The molecule has 0 aliphatic rings. The summed E-state index contributed by atoms with van der Waals surface area (Å²) in [7, 11) is 1.66. The molecular weight excluding hydrogens is 496 g/mol. The van der Waals surface area contributed by atoms with E-state index in [1.54, 1.807) is 14.0 Å². The third-order valence-corrected chi connectivity index (χ3v) is 8.08. The monoisotopic (exact) mass is 534 g/mol. The number of methoxy groups -OCH3 is 1. The van der Waals surface area contributed by atoms with Crippen LogP contribution in [0.2, 0.25) is 0 Å². The third-order valence-electron chi connectivity index (χ3n) is 8.08. The molecular formula is C36H38O4. The average Bonchev–Trinajstić information content (AvgIpc) is 2.93. The van der Waals surface area contributed by atoms with Crippen molar-refractivity contribution in [1.29, 1.82) is 0 Å². The van der Waals surface area contributed by atoms with Crippen LogP contribution >= 0.6 is 0 Å². The first-order valence-electron chi connectivity index (χ1n) is 13.5. The Balaban J connectivity index is 1.50. The quantitative estimate of drug-likeness (QED) is 0.129. The van der Waals surface area contributed by atoms with E-state index in [0.717, 1.165) is 44.7 Å². The second-order valence-corrected chi connectivity index (χ2v) is 11.5. The van der Waals surface area contributed by atoms with Crippen LogP contribution in [-0.4, -0.2) is 18.9 Å². The molecule has 0 aliphatic carbocycles. The van der Waals surface area contributed by atoms with Crippen LogP contribution in [-0.2, 0) is 10.8 Å². The van der Waals surface area contributed by atoms with Gasteiger partial charge in [0.2, 0.25) is 0 Å². The van der Waals surface area contributed by atoms with Crippen molar-refractivity contribution in [3.8, 4) is 11.5 Å². The van der Waals surface area contributed by atoms with Gasteiger partial charge in [0, 0.05) is 16.4 Å². The highest BCUT2D eigenvalue weighted by atomic mass is 16.5. The maximum atomic E-state index is 13.0. The van der Waals surface area contributed by atoms with Gasteiger partial charge in [-0.15, -0.1) is 0 Å². The minimum absolute atomic E-state index is 0.0689. The molecule has 0 spiro atoms. The number of carbonyl (C=O) groups excluding carboxylic acids is 2. The van der Waals surface area contributed by atoms with Crippen LogP contribution < -0.4 is 9.47 Å². The molecule has 0 aromatic heterocycles. The van der Waals surface area contributed by atoms with E-state index in [1.807, 2.05) is 74.5 Å². The Morgan fingerprint density at radius 2 is 1.10 bits per heavy atom. The second-order valence-electron chi connectivity index (χ2n) is 11.5. The van der Waals surface area contributed by atoms with Gasteiger partial charge in [-0.05, 0) is 84.5 Å². The molecule has 0 amide bonds. The third kappa shape index (κ3) is 5.72. The van der Waals surface area contributed by atoms with E-state index in [-0.39, 0.29) is 22.6 Å². The molecule has 0 heterocycles. The Kier molecular flexibility index (Phi) is 8.02. The number of hydrogen-bond donors (Lipinski definition) is 0. The van der Waals surface area contributed by atoms with Gasteiger partial charge in [-0.1, -0.05) is 82.3 Å². The van der Waals surface area contributed by atoms with Gasteiger partial charge in [-0.3, -0.25) is 4.79 Å². The van der Waals surface area contributed by atoms with E-state index >= 15 is 0 Å². The highest BCUT2D eigenvalue weighted by Gasteiger charge is 2.26. The Hall–Kier alpha value is -4.18. The van der Waals surface area contributed by atoms with Crippen LogP contribution in [0.25, 0.3) is 0 Å². The van der Waals surface area contributed by atoms with Crippen LogP contribution in [0.3, 0.4) is 0 Å². The van der Waals surface area contributed by atoms with E-state index in [1.165, 1.54) is 0 Å². The van der Waals surface area contributed by atoms with Gasteiger partial charge >= 0.3 is 5.97 Å². The highest BCUT2D eigenvalue weighted by Crippen LogP contribution is 2.36. The van der Waals surface area contributed by atoms with Gasteiger partial charge < -0.3 is 9.47 Å². The van der Waals surface area contributed by atoms with Crippen LogP contribution in [0, 0.1) is 13.8 Å². The van der Waals surface area contributed by atoms with Crippen molar-refractivity contribution in [2.75, 3.05) is 7.11 Å². The lowest BCUT2D eigenvalue weighted by atomic mass is 9.76. The molecule has 0 unspecified atom stereocenters. The second kappa shape index (κ2) is 11.1. The number of esters is 1. The molecule has 40 heavy (non-hydrogen) atoms. The molecule has 0 N–H and O–H groups in total. The molecule has 0 saturated heterocycles. The van der Waals surface area contributed by atoms with Crippen molar-refractivity contribution < 1.29 is 19.1 Å². The Labute approximate surface area is 238 Å². The summed E-state index contributed by atoms with van der Waals surface area (Å²) in [5.41, 5.74) is 7.05. The average molecular weight is 535 g/mol. The van der Waals surface area contributed by atoms with Gasteiger partial charge in [0.15, 0.2) is 5.78 Å². The SMILES string of the molecule is COc1ccc(C(C)(C)c2ccc(C(=O)Oc3ccc(C(C)(C)c4ccc(C(C)=O)c(C)c4)cc3C)cc2)cc1. The predicted octanol–water partition coefficient (Wildman–Crippen LogP) is 8.39. The summed E-state index contributed by atoms with van der Waals surface area (Å²) in [4.78, 5) is 24.9. The van der Waals surface area contributed by atoms with E-state index in [4.69, 9.17) is 9.47 Å².